The SMILES string of the molecule is CCCC(C)(N)C(=O)N[C@@H]1CCCC[C@H]1O. The average Bonchev–Trinajstić information content (AvgIpc) is 2.21. The molecule has 0 heterocycles. The fraction of sp³-hybridized carbons (Fsp3) is 0.917. The maximum Gasteiger partial charge on any atom is 0.240 e. The van der Waals surface area contributed by atoms with Crippen molar-refractivity contribution in [3.05, 3.63) is 0 Å². The van der Waals surface area contributed by atoms with Gasteiger partial charge in [0.15, 0.2) is 0 Å². The van der Waals surface area contributed by atoms with Crippen LogP contribution in [-0.2, 0) is 4.79 Å². The van der Waals surface area contributed by atoms with Crippen molar-refractivity contribution in [2.45, 2.75) is 70.1 Å². The number of aliphatic hydroxyl groups excluding tert-OH is 1. The number of aliphatic hydroxyl groups is 1. The summed E-state index contributed by atoms with van der Waals surface area (Å²) in [6.45, 7) is 3.76. The van der Waals surface area contributed by atoms with Crippen molar-refractivity contribution < 1.29 is 9.90 Å². The molecule has 0 bridgehead atoms. The Balaban J connectivity index is 2.49. The Bertz CT molecular complexity index is 241. The van der Waals surface area contributed by atoms with Crippen LogP contribution in [0.4, 0.5) is 0 Å². The molecule has 4 N–H and O–H groups in total. The van der Waals surface area contributed by atoms with Gasteiger partial charge in [0.1, 0.15) is 0 Å². The molecular weight excluding hydrogens is 204 g/mol. The minimum atomic E-state index is -0.814. The molecule has 3 atom stereocenters. The maximum absolute atomic E-state index is 11.9. The van der Waals surface area contributed by atoms with Crippen LogP contribution in [-0.4, -0.2) is 28.7 Å². The zero-order valence-electron chi connectivity index (χ0n) is 10.3. The molecule has 1 fully saturated rings. The molecule has 0 aromatic heterocycles. The van der Waals surface area contributed by atoms with Gasteiger partial charge in [-0.2, -0.15) is 0 Å². The average molecular weight is 228 g/mol. The third kappa shape index (κ3) is 3.46. The van der Waals surface area contributed by atoms with Crippen LogP contribution in [0.5, 0.6) is 0 Å². The summed E-state index contributed by atoms with van der Waals surface area (Å²) in [6.07, 6.45) is 4.89. The van der Waals surface area contributed by atoms with E-state index in [1.165, 1.54) is 0 Å². The number of hydrogen-bond acceptors (Lipinski definition) is 3. The zero-order valence-corrected chi connectivity index (χ0v) is 10.3. The van der Waals surface area contributed by atoms with Gasteiger partial charge < -0.3 is 16.2 Å². The number of rotatable bonds is 4. The summed E-state index contributed by atoms with van der Waals surface area (Å²) in [7, 11) is 0. The predicted molar refractivity (Wildman–Crippen MR) is 63.9 cm³/mol. The highest BCUT2D eigenvalue weighted by Crippen LogP contribution is 2.19. The Hall–Kier alpha value is -0.610. The lowest BCUT2D eigenvalue weighted by molar-refractivity contribution is -0.128. The summed E-state index contributed by atoms with van der Waals surface area (Å²) in [5.41, 5.74) is 5.13. The number of nitrogens with two attached hydrogens (primary N) is 1. The first-order valence-corrected chi connectivity index (χ1v) is 6.25. The predicted octanol–water partition coefficient (Wildman–Crippen LogP) is 0.924. The molecule has 1 aliphatic rings. The highest BCUT2D eigenvalue weighted by atomic mass is 16.3. The van der Waals surface area contributed by atoms with Gasteiger partial charge in [-0.05, 0) is 26.2 Å². The van der Waals surface area contributed by atoms with Gasteiger partial charge in [-0.15, -0.1) is 0 Å². The van der Waals surface area contributed by atoms with Gasteiger partial charge in [0.05, 0.1) is 17.7 Å². The molecule has 4 nitrogen and oxygen atoms in total. The normalized spacial score (nSPS) is 29.5. The van der Waals surface area contributed by atoms with Crippen molar-refractivity contribution in [2.24, 2.45) is 5.73 Å². The van der Waals surface area contributed by atoms with E-state index in [2.05, 4.69) is 5.32 Å². The highest BCUT2D eigenvalue weighted by Gasteiger charge is 2.31. The Morgan fingerprint density at radius 2 is 2.12 bits per heavy atom. The van der Waals surface area contributed by atoms with Crippen LogP contribution in [0.1, 0.15) is 52.4 Å². The van der Waals surface area contributed by atoms with E-state index in [4.69, 9.17) is 5.73 Å². The van der Waals surface area contributed by atoms with E-state index in [0.29, 0.717) is 6.42 Å². The number of hydrogen-bond donors (Lipinski definition) is 3. The summed E-state index contributed by atoms with van der Waals surface area (Å²) in [4.78, 5) is 11.9. The molecule has 94 valence electrons. The minimum Gasteiger partial charge on any atom is -0.391 e. The summed E-state index contributed by atoms with van der Waals surface area (Å²) in [5.74, 6) is -0.139. The minimum absolute atomic E-state index is 0.110. The van der Waals surface area contributed by atoms with E-state index in [1.807, 2.05) is 6.92 Å². The second-order valence-corrected chi connectivity index (χ2v) is 5.10. The van der Waals surface area contributed by atoms with Crippen molar-refractivity contribution in [1.82, 2.24) is 5.32 Å². The van der Waals surface area contributed by atoms with Crippen LogP contribution in [0.15, 0.2) is 0 Å². The molecule has 1 unspecified atom stereocenters. The number of carbonyl (C=O) groups excluding carboxylic acids is 1. The third-order valence-electron chi connectivity index (χ3n) is 3.33. The quantitative estimate of drug-likeness (QED) is 0.670. The molecule has 0 aromatic carbocycles. The molecule has 0 aliphatic heterocycles. The maximum atomic E-state index is 11.9. The van der Waals surface area contributed by atoms with Crippen molar-refractivity contribution in [2.75, 3.05) is 0 Å². The molecular formula is C12H24N2O2. The first-order chi connectivity index (χ1) is 7.47. The molecule has 1 aliphatic carbocycles. The standard InChI is InChI=1S/C12H24N2O2/c1-3-8-12(2,13)11(16)14-9-6-4-5-7-10(9)15/h9-10,15H,3-8,13H2,1-2H3,(H,14,16)/t9-,10-,12?/m1/s1. The monoisotopic (exact) mass is 228 g/mol. The molecule has 1 amide bonds. The lowest BCUT2D eigenvalue weighted by Crippen LogP contribution is -2.56. The van der Waals surface area contributed by atoms with Crippen LogP contribution in [0.3, 0.4) is 0 Å². The van der Waals surface area contributed by atoms with Gasteiger partial charge in [0.25, 0.3) is 0 Å². The van der Waals surface area contributed by atoms with Gasteiger partial charge in [-0.3, -0.25) is 4.79 Å². The molecule has 1 saturated carbocycles. The molecule has 0 radical (unpaired) electrons. The fourth-order valence-electron chi connectivity index (χ4n) is 2.25. The summed E-state index contributed by atoms with van der Waals surface area (Å²) >= 11 is 0. The third-order valence-corrected chi connectivity index (χ3v) is 3.33. The van der Waals surface area contributed by atoms with Gasteiger partial charge in [0, 0.05) is 0 Å². The van der Waals surface area contributed by atoms with Crippen LogP contribution in [0.25, 0.3) is 0 Å². The van der Waals surface area contributed by atoms with Crippen molar-refractivity contribution in [3.8, 4) is 0 Å². The number of nitrogens with one attached hydrogen (secondary N) is 1. The van der Waals surface area contributed by atoms with Gasteiger partial charge in [0.2, 0.25) is 5.91 Å². The van der Waals surface area contributed by atoms with Crippen LogP contribution in [0.2, 0.25) is 0 Å². The Morgan fingerprint density at radius 3 is 2.69 bits per heavy atom. The summed E-state index contributed by atoms with van der Waals surface area (Å²) in [5, 5.41) is 12.6. The molecule has 4 heteroatoms. The topological polar surface area (TPSA) is 75.4 Å². The van der Waals surface area contributed by atoms with Crippen LogP contribution >= 0.6 is 0 Å². The van der Waals surface area contributed by atoms with E-state index < -0.39 is 11.6 Å². The Kier molecular flexibility index (Phi) is 4.74. The smallest absolute Gasteiger partial charge is 0.240 e. The van der Waals surface area contributed by atoms with Crippen molar-refractivity contribution in [1.29, 1.82) is 0 Å². The zero-order chi connectivity index (χ0) is 12.2. The van der Waals surface area contributed by atoms with Gasteiger partial charge >= 0.3 is 0 Å². The molecule has 0 spiro atoms. The van der Waals surface area contributed by atoms with E-state index >= 15 is 0 Å². The largest absolute Gasteiger partial charge is 0.391 e. The highest BCUT2D eigenvalue weighted by molar-refractivity contribution is 5.85. The van der Waals surface area contributed by atoms with Crippen LogP contribution in [0, 0.1) is 0 Å². The lowest BCUT2D eigenvalue weighted by atomic mass is 9.90. The lowest BCUT2D eigenvalue weighted by Gasteiger charge is -2.32. The van der Waals surface area contributed by atoms with Crippen LogP contribution < -0.4 is 11.1 Å². The fourth-order valence-corrected chi connectivity index (χ4v) is 2.25. The second kappa shape index (κ2) is 5.64. The first-order valence-electron chi connectivity index (χ1n) is 6.25. The van der Waals surface area contributed by atoms with E-state index in [1.54, 1.807) is 6.92 Å². The van der Waals surface area contributed by atoms with E-state index in [0.717, 1.165) is 32.1 Å². The summed E-state index contributed by atoms with van der Waals surface area (Å²) in [6, 6.07) is -0.110. The second-order valence-electron chi connectivity index (χ2n) is 5.10. The Morgan fingerprint density at radius 1 is 1.50 bits per heavy atom. The number of carbonyl (C=O) groups is 1. The Labute approximate surface area is 97.6 Å². The molecule has 0 saturated heterocycles. The van der Waals surface area contributed by atoms with E-state index in [-0.39, 0.29) is 11.9 Å². The first kappa shape index (κ1) is 13.5. The number of amides is 1. The molecule has 16 heavy (non-hydrogen) atoms. The van der Waals surface area contributed by atoms with Crippen molar-refractivity contribution in [3.63, 3.8) is 0 Å². The summed E-state index contributed by atoms with van der Waals surface area (Å²) < 4.78 is 0. The van der Waals surface area contributed by atoms with E-state index in [9.17, 15) is 9.90 Å². The van der Waals surface area contributed by atoms with Gasteiger partial charge in [-0.25, -0.2) is 0 Å². The molecule has 0 aromatic rings. The van der Waals surface area contributed by atoms with Gasteiger partial charge in [-0.1, -0.05) is 26.2 Å². The molecule has 1 rings (SSSR count). The van der Waals surface area contributed by atoms with Crippen molar-refractivity contribution >= 4 is 5.91 Å².